The summed E-state index contributed by atoms with van der Waals surface area (Å²) in [6.45, 7) is 7.32. The molecule has 0 unspecified atom stereocenters. The van der Waals surface area contributed by atoms with E-state index in [1.54, 1.807) is 26.1 Å². The smallest absolute Gasteiger partial charge is 0.301 e. The van der Waals surface area contributed by atoms with Crippen LogP contribution in [-0.4, -0.2) is 25.8 Å². The Morgan fingerprint density at radius 2 is 1.83 bits per heavy atom. The Morgan fingerprint density at radius 3 is 2.33 bits per heavy atom. The van der Waals surface area contributed by atoms with E-state index in [1.807, 2.05) is 20.8 Å². The molecule has 6 heteroatoms. The molecule has 0 amide bonds. The minimum absolute atomic E-state index is 0.106. The van der Waals surface area contributed by atoms with Crippen molar-refractivity contribution in [1.82, 2.24) is 4.31 Å². The van der Waals surface area contributed by atoms with Crippen molar-refractivity contribution in [3.05, 3.63) is 23.3 Å². The molecule has 1 aromatic carbocycles. The number of nitrogens with two attached hydrogens (primary N) is 1. The van der Waals surface area contributed by atoms with Crippen molar-refractivity contribution in [3.8, 4) is 0 Å². The maximum Gasteiger partial charge on any atom is 0.301 e. The number of nitrogens with zero attached hydrogens (tertiary/aromatic N) is 1. The third kappa shape index (κ3) is 2.94. The SMILES string of the molecule is Cc1ccc(NS(=O)(=O)N(C)C(C)C)c(C)c1N. The molecule has 5 nitrogen and oxygen atoms in total. The highest BCUT2D eigenvalue weighted by atomic mass is 32.2. The van der Waals surface area contributed by atoms with E-state index in [1.165, 1.54) is 4.31 Å². The van der Waals surface area contributed by atoms with Gasteiger partial charge in [0.25, 0.3) is 0 Å². The average molecular weight is 271 g/mol. The van der Waals surface area contributed by atoms with Gasteiger partial charge < -0.3 is 5.73 Å². The molecular weight excluding hydrogens is 250 g/mol. The van der Waals surface area contributed by atoms with E-state index in [0.717, 1.165) is 11.1 Å². The van der Waals surface area contributed by atoms with Crippen LogP contribution in [0.2, 0.25) is 0 Å². The number of anilines is 2. The normalized spacial score (nSPS) is 12.2. The van der Waals surface area contributed by atoms with Gasteiger partial charge in [-0.25, -0.2) is 0 Å². The van der Waals surface area contributed by atoms with Gasteiger partial charge >= 0.3 is 10.2 Å². The second kappa shape index (κ2) is 5.16. The van der Waals surface area contributed by atoms with Crippen molar-refractivity contribution in [2.24, 2.45) is 0 Å². The third-order valence-corrected chi connectivity index (χ3v) is 4.74. The van der Waals surface area contributed by atoms with Gasteiger partial charge in [0.1, 0.15) is 0 Å². The summed E-state index contributed by atoms with van der Waals surface area (Å²) in [5.41, 5.74) is 8.71. The van der Waals surface area contributed by atoms with Crippen LogP contribution in [0.1, 0.15) is 25.0 Å². The molecule has 0 bridgehead atoms. The molecule has 0 saturated carbocycles. The molecule has 0 aliphatic heterocycles. The van der Waals surface area contributed by atoms with Gasteiger partial charge in [-0.3, -0.25) is 4.72 Å². The summed E-state index contributed by atoms with van der Waals surface area (Å²) in [5.74, 6) is 0. The standard InChI is InChI=1S/C12H21N3O2S/c1-8(2)15(5)18(16,17)14-11-7-6-9(3)12(13)10(11)4/h6-8,14H,13H2,1-5H3. The summed E-state index contributed by atoms with van der Waals surface area (Å²) in [5, 5.41) is 0. The number of aryl methyl sites for hydroxylation is 1. The van der Waals surface area contributed by atoms with Crippen molar-refractivity contribution >= 4 is 21.6 Å². The third-order valence-electron chi connectivity index (χ3n) is 3.08. The molecule has 0 spiro atoms. The molecule has 0 aromatic heterocycles. The van der Waals surface area contributed by atoms with Crippen LogP contribution >= 0.6 is 0 Å². The predicted molar refractivity (Wildman–Crippen MR) is 75.8 cm³/mol. The highest BCUT2D eigenvalue weighted by Gasteiger charge is 2.21. The van der Waals surface area contributed by atoms with Gasteiger partial charge in [0.05, 0.1) is 5.69 Å². The van der Waals surface area contributed by atoms with Gasteiger partial charge in [0.15, 0.2) is 0 Å². The summed E-state index contributed by atoms with van der Waals surface area (Å²) in [6, 6.07) is 3.42. The fourth-order valence-corrected chi connectivity index (χ4v) is 2.66. The maximum atomic E-state index is 12.1. The van der Waals surface area contributed by atoms with Crippen LogP contribution in [0.3, 0.4) is 0 Å². The van der Waals surface area contributed by atoms with E-state index in [-0.39, 0.29) is 6.04 Å². The Kier molecular flexibility index (Phi) is 4.24. The van der Waals surface area contributed by atoms with Crippen molar-refractivity contribution in [2.75, 3.05) is 17.5 Å². The van der Waals surface area contributed by atoms with Crippen LogP contribution in [0.25, 0.3) is 0 Å². The molecule has 102 valence electrons. The first-order valence-electron chi connectivity index (χ1n) is 5.78. The van der Waals surface area contributed by atoms with Crippen LogP contribution in [0.4, 0.5) is 11.4 Å². The van der Waals surface area contributed by atoms with E-state index in [2.05, 4.69) is 4.72 Å². The zero-order chi connectivity index (χ0) is 14.1. The van der Waals surface area contributed by atoms with Gasteiger partial charge in [-0.05, 0) is 44.9 Å². The van der Waals surface area contributed by atoms with Crippen LogP contribution in [0, 0.1) is 13.8 Å². The lowest BCUT2D eigenvalue weighted by atomic mass is 10.1. The fourth-order valence-electron chi connectivity index (χ4n) is 1.46. The number of hydrogen-bond acceptors (Lipinski definition) is 3. The van der Waals surface area contributed by atoms with Crippen molar-refractivity contribution in [3.63, 3.8) is 0 Å². The first-order chi connectivity index (χ1) is 8.16. The lowest BCUT2D eigenvalue weighted by Gasteiger charge is -2.22. The van der Waals surface area contributed by atoms with Gasteiger partial charge in [-0.15, -0.1) is 0 Å². The molecule has 0 heterocycles. The van der Waals surface area contributed by atoms with Crippen LogP contribution in [0.5, 0.6) is 0 Å². The highest BCUT2D eigenvalue weighted by Crippen LogP contribution is 2.25. The molecular formula is C12H21N3O2S. The van der Waals surface area contributed by atoms with E-state index in [0.29, 0.717) is 11.4 Å². The van der Waals surface area contributed by atoms with Gasteiger partial charge in [0, 0.05) is 18.8 Å². The minimum atomic E-state index is -3.54. The Hall–Kier alpha value is -1.27. The van der Waals surface area contributed by atoms with Crippen LogP contribution < -0.4 is 10.5 Å². The Labute approximate surface area is 109 Å². The van der Waals surface area contributed by atoms with Crippen LogP contribution in [-0.2, 0) is 10.2 Å². The zero-order valence-corrected chi connectivity index (χ0v) is 12.3. The van der Waals surface area contributed by atoms with E-state index < -0.39 is 10.2 Å². The summed E-state index contributed by atoms with van der Waals surface area (Å²) >= 11 is 0. The maximum absolute atomic E-state index is 12.1. The number of hydrogen-bond donors (Lipinski definition) is 2. The molecule has 0 aliphatic rings. The molecule has 0 fully saturated rings. The molecule has 0 radical (unpaired) electrons. The van der Waals surface area contributed by atoms with E-state index >= 15 is 0 Å². The Morgan fingerprint density at radius 1 is 1.28 bits per heavy atom. The molecule has 18 heavy (non-hydrogen) atoms. The second-order valence-corrected chi connectivity index (χ2v) is 6.42. The predicted octanol–water partition coefficient (Wildman–Crippen LogP) is 1.88. The number of benzene rings is 1. The van der Waals surface area contributed by atoms with Crippen molar-refractivity contribution < 1.29 is 8.42 Å². The monoisotopic (exact) mass is 271 g/mol. The zero-order valence-electron chi connectivity index (χ0n) is 11.5. The minimum Gasteiger partial charge on any atom is -0.398 e. The Bertz CT molecular complexity index is 538. The summed E-state index contributed by atoms with van der Waals surface area (Å²) in [4.78, 5) is 0. The van der Waals surface area contributed by atoms with Crippen LogP contribution in [0.15, 0.2) is 12.1 Å². The number of rotatable bonds is 4. The van der Waals surface area contributed by atoms with E-state index in [4.69, 9.17) is 5.73 Å². The summed E-state index contributed by atoms with van der Waals surface area (Å²) < 4.78 is 28.0. The quantitative estimate of drug-likeness (QED) is 0.821. The first-order valence-corrected chi connectivity index (χ1v) is 7.22. The number of nitrogens with one attached hydrogen (secondary N) is 1. The van der Waals surface area contributed by atoms with Crippen molar-refractivity contribution in [1.29, 1.82) is 0 Å². The molecule has 1 rings (SSSR count). The largest absolute Gasteiger partial charge is 0.398 e. The van der Waals surface area contributed by atoms with Crippen molar-refractivity contribution in [2.45, 2.75) is 33.7 Å². The topological polar surface area (TPSA) is 75.4 Å². The molecule has 0 aliphatic carbocycles. The fraction of sp³-hybridized carbons (Fsp3) is 0.500. The van der Waals surface area contributed by atoms with Gasteiger partial charge in [-0.2, -0.15) is 12.7 Å². The lowest BCUT2D eigenvalue weighted by Crippen LogP contribution is -2.37. The van der Waals surface area contributed by atoms with E-state index in [9.17, 15) is 8.42 Å². The number of nitrogen functional groups attached to an aromatic ring is 1. The molecule has 1 aromatic rings. The van der Waals surface area contributed by atoms with Gasteiger partial charge in [0.2, 0.25) is 0 Å². The first kappa shape index (κ1) is 14.8. The second-order valence-electron chi connectivity index (χ2n) is 4.69. The molecule has 3 N–H and O–H groups in total. The Balaban J connectivity index is 3.10. The highest BCUT2D eigenvalue weighted by molar-refractivity contribution is 7.90. The summed E-state index contributed by atoms with van der Waals surface area (Å²) in [6.07, 6.45) is 0. The summed E-state index contributed by atoms with van der Waals surface area (Å²) in [7, 11) is -2.00. The molecule has 0 saturated heterocycles. The molecule has 0 atom stereocenters. The average Bonchev–Trinajstić information content (AvgIpc) is 2.28. The van der Waals surface area contributed by atoms with Gasteiger partial charge in [-0.1, -0.05) is 6.07 Å². The lowest BCUT2D eigenvalue weighted by molar-refractivity contribution is 0.414.